The third-order valence-corrected chi connectivity index (χ3v) is 2.18. The Morgan fingerprint density at radius 1 is 1.18 bits per heavy atom. The molecule has 0 bridgehead atoms. The molecule has 1 heterocycles. The van der Waals surface area contributed by atoms with Crippen molar-refractivity contribution in [3.8, 4) is 5.69 Å². The normalized spacial score (nSPS) is 11.8. The first-order valence-electron chi connectivity index (χ1n) is 4.75. The first-order chi connectivity index (χ1) is 7.88. The van der Waals surface area contributed by atoms with Gasteiger partial charge in [-0.2, -0.15) is 22.8 Å². The van der Waals surface area contributed by atoms with Gasteiger partial charge in [-0.3, -0.25) is 0 Å². The van der Waals surface area contributed by atoms with Crippen LogP contribution >= 0.6 is 0 Å². The van der Waals surface area contributed by atoms with Crippen molar-refractivity contribution in [1.82, 2.24) is 14.8 Å². The van der Waals surface area contributed by atoms with Crippen LogP contribution in [0.15, 0.2) is 24.3 Å². The summed E-state index contributed by atoms with van der Waals surface area (Å²) in [6.07, 6.45) is -4.34. The monoisotopic (exact) mass is 242 g/mol. The third-order valence-electron chi connectivity index (χ3n) is 2.18. The zero-order valence-electron chi connectivity index (χ0n) is 8.86. The number of aromatic nitrogens is 3. The number of aryl methyl sites for hydroxylation is 1. The van der Waals surface area contributed by atoms with Crippen LogP contribution in [0.2, 0.25) is 0 Å². The maximum atomic E-state index is 12.3. The van der Waals surface area contributed by atoms with E-state index in [0.717, 1.165) is 12.1 Å². The molecule has 0 aliphatic heterocycles. The van der Waals surface area contributed by atoms with Gasteiger partial charge in [0.25, 0.3) is 0 Å². The molecule has 90 valence electrons. The molecule has 1 aromatic carbocycles. The highest BCUT2D eigenvalue weighted by atomic mass is 19.4. The van der Waals surface area contributed by atoms with Gasteiger partial charge >= 0.3 is 6.18 Å². The van der Waals surface area contributed by atoms with E-state index in [1.807, 2.05) is 0 Å². The van der Waals surface area contributed by atoms with Gasteiger partial charge in [0.2, 0.25) is 5.95 Å². The molecular formula is C10H9F3N4. The number of rotatable bonds is 1. The zero-order chi connectivity index (χ0) is 12.6. The van der Waals surface area contributed by atoms with Gasteiger partial charge in [-0.15, -0.1) is 5.10 Å². The summed E-state index contributed by atoms with van der Waals surface area (Å²) in [5.74, 6) is 0.602. The van der Waals surface area contributed by atoms with E-state index in [1.54, 1.807) is 6.92 Å². The second kappa shape index (κ2) is 3.76. The molecule has 7 heteroatoms. The summed E-state index contributed by atoms with van der Waals surface area (Å²) in [6, 6.07) is 4.55. The van der Waals surface area contributed by atoms with Gasteiger partial charge in [-0.1, -0.05) is 0 Å². The number of hydrogen-bond donors (Lipinski definition) is 1. The first kappa shape index (κ1) is 11.4. The van der Waals surface area contributed by atoms with Crippen molar-refractivity contribution < 1.29 is 13.2 Å². The molecule has 17 heavy (non-hydrogen) atoms. The van der Waals surface area contributed by atoms with Gasteiger partial charge in [0.05, 0.1) is 11.3 Å². The van der Waals surface area contributed by atoms with Gasteiger partial charge in [0.1, 0.15) is 5.82 Å². The summed E-state index contributed by atoms with van der Waals surface area (Å²) in [7, 11) is 0. The molecule has 0 spiro atoms. The van der Waals surface area contributed by atoms with E-state index in [1.165, 1.54) is 16.8 Å². The van der Waals surface area contributed by atoms with Crippen LogP contribution in [0.5, 0.6) is 0 Å². The number of nitrogens with two attached hydrogens (primary N) is 1. The van der Waals surface area contributed by atoms with Gasteiger partial charge in [-0.05, 0) is 31.2 Å². The van der Waals surface area contributed by atoms with Crippen LogP contribution in [-0.4, -0.2) is 14.8 Å². The van der Waals surface area contributed by atoms with Crippen LogP contribution < -0.4 is 5.73 Å². The second-order valence-electron chi connectivity index (χ2n) is 3.47. The van der Waals surface area contributed by atoms with Gasteiger partial charge in [0, 0.05) is 0 Å². The Hall–Kier alpha value is -2.05. The summed E-state index contributed by atoms with van der Waals surface area (Å²) in [5, 5.41) is 3.97. The Kier molecular flexibility index (Phi) is 2.53. The number of nitrogen functional groups attached to an aromatic ring is 1. The minimum absolute atomic E-state index is 0.141. The lowest BCUT2D eigenvalue weighted by Crippen LogP contribution is -2.06. The molecule has 0 saturated heterocycles. The van der Waals surface area contributed by atoms with E-state index in [4.69, 9.17) is 5.73 Å². The molecule has 0 amide bonds. The highest BCUT2D eigenvalue weighted by Crippen LogP contribution is 2.29. The van der Waals surface area contributed by atoms with Crippen LogP contribution in [0.25, 0.3) is 5.69 Å². The average Bonchev–Trinajstić information content (AvgIpc) is 2.57. The average molecular weight is 242 g/mol. The Labute approximate surface area is 94.9 Å². The fourth-order valence-corrected chi connectivity index (χ4v) is 1.41. The number of anilines is 1. The molecule has 0 aliphatic carbocycles. The van der Waals surface area contributed by atoms with E-state index in [2.05, 4.69) is 10.1 Å². The molecule has 2 aromatic rings. The largest absolute Gasteiger partial charge is 0.416 e. The van der Waals surface area contributed by atoms with Gasteiger partial charge in [-0.25, -0.2) is 0 Å². The molecule has 0 radical (unpaired) electrons. The van der Waals surface area contributed by atoms with E-state index in [0.29, 0.717) is 11.5 Å². The molecule has 2 N–H and O–H groups in total. The number of hydrogen-bond acceptors (Lipinski definition) is 3. The van der Waals surface area contributed by atoms with Crippen molar-refractivity contribution in [2.75, 3.05) is 5.73 Å². The van der Waals surface area contributed by atoms with Crippen molar-refractivity contribution in [2.45, 2.75) is 13.1 Å². The maximum Gasteiger partial charge on any atom is 0.416 e. The van der Waals surface area contributed by atoms with Crippen molar-refractivity contribution >= 4 is 5.95 Å². The predicted molar refractivity (Wildman–Crippen MR) is 55.5 cm³/mol. The lowest BCUT2D eigenvalue weighted by atomic mass is 10.2. The lowest BCUT2D eigenvalue weighted by molar-refractivity contribution is -0.137. The van der Waals surface area contributed by atoms with Crippen molar-refractivity contribution in [3.63, 3.8) is 0 Å². The van der Waals surface area contributed by atoms with E-state index < -0.39 is 11.7 Å². The smallest absolute Gasteiger partial charge is 0.368 e. The third kappa shape index (κ3) is 2.22. The molecule has 0 unspecified atom stereocenters. The molecule has 0 fully saturated rings. The van der Waals surface area contributed by atoms with Crippen LogP contribution in [-0.2, 0) is 6.18 Å². The first-order valence-corrected chi connectivity index (χ1v) is 4.75. The van der Waals surface area contributed by atoms with E-state index in [-0.39, 0.29) is 5.95 Å². The Bertz CT molecular complexity index is 527. The highest BCUT2D eigenvalue weighted by Gasteiger charge is 2.30. The summed E-state index contributed by atoms with van der Waals surface area (Å²) in [5.41, 5.74) is 5.29. The van der Waals surface area contributed by atoms with Gasteiger partial charge < -0.3 is 5.73 Å². The Balaban J connectivity index is 2.39. The number of halogens is 3. The minimum Gasteiger partial charge on any atom is -0.368 e. The summed E-state index contributed by atoms with van der Waals surface area (Å²) in [6.45, 7) is 1.65. The molecule has 0 saturated carbocycles. The topological polar surface area (TPSA) is 56.7 Å². The fraction of sp³-hybridized carbons (Fsp3) is 0.200. The van der Waals surface area contributed by atoms with Gasteiger partial charge in [0.15, 0.2) is 0 Å². The predicted octanol–water partition coefficient (Wildman–Crippen LogP) is 2.18. The van der Waals surface area contributed by atoms with Crippen molar-refractivity contribution in [3.05, 3.63) is 35.7 Å². The SMILES string of the molecule is Cc1nc(N)n(-c2ccc(C(F)(F)F)cc2)n1. The summed E-state index contributed by atoms with van der Waals surface area (Å²) < 4.78 is 38.3. The number of nitrogens with zero attached hydrogens (tertiary/aromatic N) is 3. The molecular weight excluding hydrogens is 233 g/mol. The van der Waals surface area contributed by atoms with Crippen molar-refractivity contribution in [2.24, 2.45) is 0 Å². The number of alkyl halides is 3. The minimum atomic E-state index is -4.34. The van der Waals surface area contributed by atoms with E-state index in [9.17, 15) is 13.2 Å². The standard InChI is InChI=1S/C10H9F3N4/c1-6-15-9(14)17(16-6)8-4-2-7(3-5-8)10(11,12)13/h2-5H,1H3,(H2,14,15,16). The fourth-order valence-electron chi connectivity index (χ4n) is 1.41. The summed E-state index contributed by atoms with van der Waals surface area (Å²) >= 11 is 0. The second-order valence-corrected chi connectivity index (χ2v) is 3.47. The summed E-state index contributed by atoms with van der Waals surface area (Å²) in [4.78, 5) is 3.87. The molecule has 1 aromatic heterocycles. The van der Waals surface area contributed by atoms with Crippen LogP contribution in [0.3, 0.4) is 0 Å². The Morgan fingerprint density at radius 2 is 1.76 bits per heavy atom. The van der Waals surface area contributed by atoms with Crippen LogP contribution in [0.1, 0.15) is 11.4 Å². The van der Waals surface area contributed by atoms with E-state index >= 15 is 0 Å². The zero-order valence-corrected chi connectivity index (χ0v) is 8.86. The highest BCUT2D eigenvalue weighted by molar-refractivity contribution is 5.39. The Morgan fingerprint density at radius 3 is 2.18 bits per heavy atom. The lowest BCUT2D eigenvalue weighted by Gasteiger charge is -2.07. The van der Waals surface area contributed by atoms with Crippen LogP contribution in [0.4, 0.5) is 19.1 Å². The van der Waals surface area contributed by atoms with Crippen molar-refractivity contribution in [1.29, 1.82) is 0 Å². The molecule has 2 rings (SSSR count). The molecule has 0 aliphatic rings. The maximum absolute atomic E-state index is 12.3. The van der Waals surface area contributed by atoms with Crippen LogP contribution in [0, 0.1) is 6.92 Å². The quantitative estimate of drug-likeness (QED) is 0.833. The number of benzene rings is 1. The molecule has 4 nitrogen and oxygen atoms in total. The molecule has 0 atom stereocenters.